The molecule has 0 amide bonds. The van der Waals surface area contributed by atoms with Gasteiger partial charge in [0.15, 0.2) is 6.67 Å². The molecule has 0 fully saturated rings. The van der Waals surface area contributed by atoms with Gasteiger partial charge in [-0.1, -0.05) is 12.1 Å². The van der Waals surface area contributed by atoms with Crippen LogP contribution in [0.5, 0.6) is 0 Å². The number of hydrogen-bond acceptors (Lipinski definition) is 1. The number of halogens is 1. The first-order valence-electron chi connectivity index (χ1n) is 7.51. The van der Waals surface area contributed by atoms with E-state index >= 15 is 0 Å². The van der Waals surface area contributed by atoms with E-state index in [2.05, 4.69) is 42.6 Å². The highest BCUT2D eigenvalue weighted by molar-refractivity contribution is 5.77. The standard InChI is InChI=1S/C18H20FN3/c1-13-8-17-18(9-14(13)2)22(11-20-17)12-21(3)10-15-4-6-16(19)7-5-15/h4-9,11H,10,12H2,1-3H3/p+1. The van der Waals surface area contributed by atoms with Crippen LogP contribution in [0.4, 0.5) is 4.39 Å². The van der Waals surface area contributed by atoms with E-state index < -0.39 is 0 Å². The van der Waals surface area contributed by atoms with Gasteiger partial charge in [0, 0.05) is 5.56 Å². The summed E-state index contributed by atoms with van der Waals surface area (Å²) in [6.07, 6.45) is 1.90. The van der Waals surface area contributed by atoms with Crippen molar-refractivity contribution in [3.05, 3.63) is 65.2 Å². The normalized spacial score (nSPS) is 12.7. The molecule has 0 aliphatic rings. The third kappa shape index (κ3) is 3.02. The molecule has 0 radical (unpaired) electrons. The fraction of sp³-hybridized carbons (Fsp3) is 0.278. The number of benzene rings is 2. The Morgan fingerprint density at radius 2 is 1.77 bits per heavy atom. The van der Waals surface area contributed by atoms with Gasteiger partial charge in [-0.05, 0) is 49.2 Å². The summed E-state index contributed by atoms with van der Waals surface area (Å²) in [5.41, 5.74) is 5.89. The van der Waals surface area contributed by atoms with E-state index in [1.54, 1.807) is 0 Å². The number of nitrogens with zero attached hydrogens (tertiary/aromatic N) is 2. The fourth-order valence-corrected chi connectivity index (χ4v) is 2.74. The molecule has 2 aromatic carbocycles. The van der Waals surface area contributed by atoms with Gasteiger partial charge in [0.25, 0.3) is 0 Å². The molecule has 1 atom stereocenters. The molecule has 22 heavy (non-hydrogen) atoms. The van der Waals surface area contributed by atoms with Crippen molar-refractivity contribution in [1.29, 1.82) is 0 Å². The van der Waals surface area contributed by atoms with E-state index in [9.17, 15) is 4.39 Å². The van der Waals surface area contributed by atoms with Crippen molar-refractivity contribution in [2.24, 2.45) is 0 Å². The van der Waals surface area contributed by atoms with E-state index in [4.69, 9.17) is 0 Å². The Labute approximate surface area is 130 Å². The molecule has 1 N–H and O–H groups in total. The number of rotatable bonds is 4. The van der Waals surface area contributed by atoms with Crippen LogP contribution in [0.2, 0.25) is 0 Å². The summed E-state index contributed by atoms with van der Waals surface area (Å²) in [5.74, 6) is -0.187. The van der Waals surface area contributed by atoms with Crippen LogP contribution in [0.1, 0.15) is 16.7 Å². The van der Waals surface area contributed by atoms with Crippen molar-refractivity contribution in [1.82, 2.24) is 9.55 Å². The van der Waals surface area contributed by atoms with Gasteiger partial charge in [-0.2, -0.15) is 0 Å². The number of aryl methyl sites for hydroxylation is 2. The van der Waals surface area contributed by atoms with Gasteiger partial charge < -0.3 is 4.90 Å². The lowest BCUT2D eigenvalue weighted by Gasteiger charge is -2.15. The van der Waals surface area contributed by atoms with Crippen molar-refractivity contribution in [3.63, 3.8) is 0 Å². The topological polar surface area (TPSA) is 22.3 Å². The lowest BCUT2D eigenvalue weighted by molar-refractivity contribution is -0.916. The van der Waals surface area contributed by atoms with Gasteiger partial charge in [0.2, 0.25) is 0 Å². The van der Waals surface area contributed by atoms with Crippen LogP contribution in [-0.2, 0) is 13.2 Å². The molecule has 0 aliphatic carbocycles. The Hall–Kier alpha value is -2.20. The maximum atomic E-state index is 13.0. The average Bonchev–Trinajstić information content (AvgIpc) is 2.84. The maximum absolute atomic E-state index is 13.0. The third-order valence-corrected chi connectivity index (χ3v) is 4.10. The molecule has 0 saturated carbocycles. The molecule has 1 heterocycles. The average molecular weight is 298 g/mol. The van der Waals surface area contributed by atoms with E-state index in [1.807, 2.05) is 18.5 Å². The van der Waals surface area contributed by atoms with Gasteiger partial charge in [0.05, 0.1) is 18.1 Å². The van der Waals surface area contributed by atoms with Crippen LogP contribution in [0, 0.1) is 19.7 Å². The number of hydrogen-bond donors (Lipinski definition) is 1. The van der Waals surface area contributed by atoms with Crippen molar-refractivity contribution in [3.8, 4) is 0 Å². The van der Waals surface area contributed by atoms with Crippen molar-refractivity contribution >= 4 is 11.0 Å². The molecule has 0 saturated heterocycles. The van der Waals surface area contributed by atoms with Gasteiger partial charge in [-0.25, -0.2) is 9.37 Å². The molecular weight excluding hydrogens is 277 g/mol. The summed E-state index contributed by atoms with van der Waals surface area (Å²) in [6.45, 7) is 5.92. The molecule has 3 rings (SSSR count). The van der Waals surface area contributed by atoms with Crippen LogP contribution < -0.4 is 4.90 Å². The van der Waals surface area contributed by atoms with Gasteiger partial charge >= 0.3 is 0 Å². The first-order valence-corrected chi connectivity index (χ1v) is 7.51. The minimum atomic E-state index is -0.187. The SMILES string of the molecule is Cc1cc2ncn(C[NH+](C)Cc3ccc(F)cc3)c2cc1C. The third-order valence-electron chi connectivity index (χ3n) is 4.10. The predicted octanol–water partition coefficient (Wildman–Crippen LogP) is 2.46. The summed E-state index contributed by atoms with van der Waals surface area (Å²) in [7, 11) is 2.14. The zero-order valence-electron chi connectivity index (χ0n) is 13.2. The quantitative estimate of drug-likeness (QED) is 0.785. The molecule has 0 aliphatic heterocycles. The van der Waals surface area contributed by atoms with Crippen LogP contribution >= 0.6 is 0 Å². The number of aromatic nitrogens is 2. The van der Waals surface area contributed by atoms with E-state index in [1.165, 1.54) is 33.7 Å². The number of quaternary nitrogens is 1. The zero-order chi connectivity index (χ0) is 15.7. The summed E-state index contributed by atoms with van der Waals surface area (Å²) < 4.78 is 15.1. The summed E-state index contributed by atoms with van der Waals surface area (Å²) in [5, 5.41) is 0. The smallest absolute Gasteiger partial charge is 0.158 e. The van der Waals surface area contributed by atoms with Crippen molar-refractivity contribution in [2.75, 3.05) is 7.05 Å². The molecule has 1 aromatic heterocycles. The molecule has 4 heteroatoms. The van der Waals surface area contributed by atoms with Crippen molar-refractivity contribution in [2.45, 2.75) is 27.1 Å². The van der Waals surface area contributed by atoms with E-state index in [0.29, 0.717) is 0 Å². The Morgan fingerprint density at radius 1 is 1.09 bits per heavy atom. The number of imidazole rings is 1. The van der Waals surface area contributed by atoms with Crippen molar-refractivity contribution < 1.29 is 9.29 Å². The first kappa shape index (κ1) is 14.7. The molecule has 114 valence electrons. The molecule has 1 unspecified atom stereocenters. The van der Waals surface area contributed by atoms with E-state index in [-0.39, 0.29) is 5.82 Å². The van der Waals surface area contributed by atoms with Gasteiger partial charge in [0.1, 0.15) is 18.7 Å². The van der Waals surface area contributed by atoms with Gasteiger partial charge in [-0.15, -0.1) is 0 Å². The highest BCUT2D eigenvalue weighted by Gasteiger charge is 2.09. The monoisotopic (exact) mass is 298 g/mol. The maximum Gasteiger partial charge on any atom is 0.158 e. The highest BCUT2D eigenvalue weighted by Crippen LogP contribution is 2.17. The lowest BCUT2D eigenvalue weighted by Crippen LogP contribution is -3.06. The number of nitrogens with one attached hydrogen (secondary N) is 1. The van der Waals surface area contributed by atoms with Gasteiger partial charge in [-0.3, -0.25) is 4.57 Å². The first-order chi connectivity index (χ1) is 10.5. The highest BCUT2D eigenvalue weighted by atomic mass is 19.1. The predicted molar refractivity (Wildman–Crippen MR) is 86.2 cm³/mol. The van der Waals surface area contributed by atoms with E-state index in [0.717, 1.165) is 24.3 Å². The summed E-state index contributed by atoms with van der Waals surface area (Å²) in [4.78, 5) is 5.82. The molecule has 3 nitrogen and oxygen atoms in total. The molecule has 0 spiro atoms. The summed E-state index contributed by atoms with van der Waals surface area (Å²) in [6, 6.07) is 11.1. The second kappa shape index (κ2) is 5.89. The minimum Gasteiger partial charge on any atom is -0.316 e. The van der Waals surface area contributed by atoms with Crippen LogP contribution in [0.25, 0.3) is 11.0 Å². The second-order valence-corrected chi connectivity index (χ2v) is 6.06. The second-order valence-electron chi connectivity index (χ2n) is 6.06. The Kier molecular flexibility index (Phi) is 3.94. The minimum absolute atomic E-state index is 0.187. The Bertz CT molecular complexity index is 790. The molecular formula is C18H21FN3+. The molecule has 3 aromatic rings. The van der Waals surface area contributed by atoms with Crippen LogP contribution in [0.3, 0.4) is 0 Å². The number of fused-ring (bicyclic) bond motifs is 1. The van der Waals surface area contributed by atoms with Crippen LogP contribution in [-0.4, -0.2) is 16.6 Å². The largest absolute Gasteiger partial charge is 0.316 e. The fourth-order valence-electron chi connectivity index (χ4n) is 2.74. The zero-order valence-corrected chi connectivity index (χ0v) is 13.2. The molecule has 0 bridgehead atoms. The summed E-state index contributed by atoms with van der Waals surface area (Å²) >= 11 is 0. The van der Waals surface area contributed by atoms with Crippen LogP contribution in [0.15, 0.2) is 42.7 Å². The Balaban J connectivity index is 1.77. The lowest BCUT2D eigenvalue weighted by atomic mass is 10.1. The Morgan fingerprint density at radius 3 is 2.50 bits per heavy atom.